The van der Waals surface area contributed by atoms with E-state index < -0.39 is 0 Å². The summed E-state index contributed by atoms with van der Waals surface area (Å²) in [7, 11) is 0. The van der Waals surface area contributed by atoms with Crippen molar-refractivity contribution >= 4 is 0 Å². The Morgan fingerprint density at radius 3 is 2.32 bits per heavy atom. The summed E-state index contributed by atoms with van der Waals surface area (Å²) >= 11 is 0. The zero-order chi connectivity index (χ0) is 22.4. The van der Waals surface area contributed by atoms with Gasteiger partial charge in [-0.25, -0.2) is 0 Å². The summed E-state index contributed by atoms with van der Waals surface area (Å²) in [6.45, 7) is 20.2. The molecule has 0 aromatic carbocycles. The Bertz CT molecular complexity index is 792. The van der Waals surface area contributed by atoms with Crippen LogP contribution in [0.4, 0.5) is 0 Å². The molecule has 5 aliphatic carbocycles. The predicted octanol–water partition coefficient (Wildman–Crippen LogP) is 7.80. The Labute approximate surface area is 192 Å². The van der Waals surface area contributed by atoms with Gasteiger partial charge in [0.25, 0.3) is 0 Å². The Kier molecular flexibility index (Phi) is 4.84. The van der Waals surface area contributed by atoms with E-state index in [4.69, 9.17) is 0 Å². The molecule has 0 unspecified atom stereocenters. The van der Waals surface area contributed by atoms with Crippen LogP contribution in [0.15, 0.2) is 24.3 Å². The quantitative estimate of drug-likeness (QED) is 0.448. The van der Waals surface area contributed by atoms with Gasteiger partial charge in [-0.1, -0.05) is 58.9 Å². The van der Waals surface area contributed by atoms with Crippen LogP contribution in [-0.2, 0) is 0 Å². The van der Waals surface area contributed by atoms with Gasteiger partial charge in [0.1, 0.15) is 0 Å². The third-order valence-corrected chi connectivity index (χ3v) is 12.8. The van der Waals surface area contributed by atoms with Gasteiger partial charge in [-0.2, -0.15) is 0 Å². The normalized spacial score (nSPS) is 55.0. The molecule has 1 heteroatoms. The maximum absolute atomic E-state index is 10.6. The zero-order valence-corrected chi connectivity index (χ0v) is 21.3. The van der Waals surface area contributed by atoms with E-state index in [9.17, 15) is 5.11 Å². The molecule has 4 fully saturated rings. The fourth-order valence-corrected chi connectivity index (χ4v) is 11.2. The zero-order valence-electron chi connectivity index (χ0n) is 21.3. The van der Waals surface area contributed by atoms with Gasteiger partial charge in [0.2, 0.25) is 0 Å². The fraction of sp³-hybridized carbons (Fsp3) is 0.867. The van der Waals surface area contributed by atoms with Gasteiger partial charge in [-0.3, -0.25) is 0 Å². The molecule has 0 aliphatic heterocycles. The van der Waals surface area contributed by atoms with Crippen LogP contribution in [-0.4, -0.2) is 11.7 Å². The summed E-state index contributed by atoms with van der Waals surface area (Å²) < 4.78 is 0. The van der Waals surface area contributed by atoms with Crippen LogP contribution in [0.2, 0.25) is 0 Å². The molecule has 9 atom stereocenters. The van der Waals surface area contributed by atoms with Crippen LogP contribution in [0, 0.1) is 56.7 Å². The first-order valence-electron chi connectivity index (χ1n) is 13.4. The lowest BCUT2D eigenvalue weighted by Gasteiger charge is -2.72. The van der Waals surface area contributed by atoms with Gasteiger partial charge in [-0.05, 0) is 121 Å². The van der Waals surface area contributed by atoms with Crippen molar-refractivity contribution in [1.82, 2.24) is 0 Å². The maximum atomic E-state index is 10.6. The van der Waals surface area contributed by atoms with E-state index in [1.54, 1.807) is 0 Å². The van der Waals surface area contributed by atoms with Gasteiger partial charge >= 0.3 is 0 Å². The lowest BCUT2D eigenvalue weighted by atomic mass is 9.33. The smallest absolute Gasteiger partial charge is 0.0490 e. The highest BCUT2D eigenvalue weighted by atomic mass is 16.3. The minimum Gasteiger partial charge on any atom is -0.396 e. The lowest BCUT2D eigenvalue weighted by Crippen LogP contribution is -2.65. The highest BCUT2D eigenvalue weighted by Gasteiger charge is 2.69. The number of hydrogen-bond acceptors (Lipinski definition) is 1. The first kappa shape index (κ1) is 22.2. The molecule has 1 nitrogen and oxygen atoms in total. The third-order valence-electron chi connectivity index (χ3n) is 12.8. The van der Waals surface area contributed by atoms with Crippen LogP contribution in [0.25, 0.3) is 0 Å². The Morgan fingerprint density at radius 1 is 0.903 bits per heavy atom. The highest BCUT2D eigenvalue weighted by Crippen LogP contribution is 2.77. The molecular formula is C30H48O. The topological polar surface area (TPSA) is 20.2 Å². The minimum absolute atomic E-state index is 0.174. The van der Waals surface area contributed by atoms with E-state index in [1.165, 1.54) is 63.4 Å². The Balaban J connectivity index is 1.56. The third kappa shape index (κ3) is 2.65. The molecule has 31 heavy (non-hydrogen) atoms. The van der Waals surface area contributed by atoms with Crippen molar-refractivity contribution in [3.8, 4) is 0 Å². The summed E-state index contributed by atoms with van der Waals surface area (Å²) in [5.74, 6) is 3.68. The largest absolute Gasteiger partial charge is 0.396 e. The molecule has 0 aromatic heterocycles. The van der Waals surface area contributed by atoms with Gasteiger partial charge < -0.3 is 5.11 Å². The molecule has 0 spiro atoms. The number of allylic oxidation sites excluding steroid dienone is 3. The first-order chi connectivity index (χ1) is 14.5. The molecule has 5 aliphatic rings. The van der Waals surface area contributed by atoms with Crippen molar-refractivity contribution in [3.63, 3.8) is 0 Å². The van der Waals surface area contributed by atoms with E-state index in [1.807, 2.05) is 0 Å². The number of fused-ring (bicyclic) bond motifs is 7. The summed E-state index contributed by atoms with van der Waals surface area (Å²) in [4.78, 5) is 0. The predicted molar refractivity (Wildman–Crippen MR) is 131 cm³/mol. The summed E-state index contributed by atoms with van der Waals surface area (Å²) in [6, 6.07) is 0. The second-order valence-corrected chi connectivity index (χ2v) is 14.1. The molecule has 0 saturated heterocycles. The van der Waals surface area contributed by atoms with Gasteiger partial charge in [0.15, 0.2) is 0 Å². The number of rotatable bonds is 2. The van der Waals surface area contributed by atoms with E-state index in [2.05, 4.69) is 60.3 Å². The second-order valence-electron chi connectivity index (χ2n) is 14.1. The highest BCUT2D eigenvalue weighted by molar-refractivity contribution is 5.23. The lowest BCUT2D eigenvalue weighted by molar-refractivity contribution is -0.229. The van der Waals surface area contributed by atoms with Crippen molar-refractivity contribution in [1.29, 1.82) is 0 Å². The summed E-state index contributed by atoms with van der Waals surface area (Å²) in [5, 5.41) is 10.6. The molecule has 0 bridgehead atoms. The first-order valence-corrected chi connectivity index (χ1v) is 13.4. The molecule has 5 rings (SSSR count). The van der Waals surface area contributed by atoms with Crippen molar-refractivity contribution < 1.29 is 5.11 Å². The van der Waals surface area contributed by atoms with E-state index in [0.717, 1.165) is 17.8 Å². The van der Waals surface area contributed by atoms with Crippen LogP contribution in [0.1, 0.15) is 99.3 Å². The molecule has 1 N–H and O–H groups in total. The van der Waals surface area contributed by atoms with Crippen molar-refractivity contribution in [2.45, 2.75) is 99.3 Å². The second kappa shape index (κ2) is 6.74. The Hall–Kier alpha value is -0.560. The van der Waals surface area contributed by atoms with Crippen LogP contribution in [0.5, 0.6) is 0 Å². The van der Waals surface area contributed by atoms with Crippen molar-refractivity contribution in [3.05, 3.63) is 24.3 Å². The minimum atomic E-state index is 0.174. The monoisotopic (exact) mass is 424 g/mol. The van der Waals surface area contributed by atoms with Crippen molar-refractivity contribution in [2.24, 2.45) is 56.7 Å². The number of aliphatic hydroxyl groups excluding tert-OH is 1. The van der Waals surface area contributed by atoms with Crippen LogP contribution < -0.4 is 0 Å². The van der Waals surface area contributed by atoms with Crippen molar-refractivity contribution in [2.75, 3.05) is 6.61 Å². The van der Waals surface area contributed by atoms with Crippen LogP contribution >= 0.6 is 0 Å². The molecule has 0 heterocycles. The molecule has 0 aromatic rings. The standard InChI is InChI=1S/C30H48O/c1-20(2)21-11-16-30(19-31)18-17-28(6)22(25(21)30)9-10-24-27(5)14-8-13-26(3,4)23(27)12-15-29(24,28)7/h8,13,21-25,31H,1,9-12,14-19H2,2-7H3/t21-,22+,23-,24+,25+,27-,28+,29+,30+/m0/s1. The average Bonchev–Trinajstić information content (AvgIpc) is 3.08. The van der Waals surface area contributed by atoms with E-state index in [-0.39, 0.29) is 5.41 Å². The number of aliphatic hydroxyl groups is 1. The molecule has 0 amide bonds. The molecule has 0 radical (unpaired) electrons. The van der Waals surface area contributed by atoms with Gasteiger partial charge in [0, 0.05) is 6.61 Å². The van der Waals surface area contributed by atoms with Gasteiger partial charge in [-0.15, -0.1) is 0 Å². The van der Waals surface area contributed by atoms with Crippen LogP contribution in [0.3, 0.4) is 0 Å². The molecule has 4 saturated carbocycles. The summed E-state index contributed by atoms with van der Waals surface area (Å²) in [5.41, 5.74) is 3.15. The molecular weight excluding hydrogens is 376 g/mol. The van der Waals surface area contributed by atoms with E-state index in [0.29, 0.717) is 40.1 Å². The van der Waals surface area contributed by atoms with E-state index >= 15 is 0 Å². The average molecular weight is 425 g/mol. The fourth-order valence-electron chi connectivity index (χ4n) is 11.2. The SMILES string of the molecule is C=C(C)[C@@H]1CC[C@]2(CO)CC[C@]3(C)[C@H](CC[C@@H]4[C@@]5(C)CC=CC(C)(C)[C@@H]5CC[C@]43C)[C@@H]12. The summed E-state index contributed by atoms with van der Waals surface area (Å²) in [6.07, 6.45) is 16.9. The Morgan fingerprint density at radius 2 is 1.65 bits per heavy atom. The maximum Gasteiger partial charge on any atom is 0.0490 e. The number of hydrogen-bond donors (Lipinski definition) is 1. The van der Waals surface area contributed by atoms with Gasteiger partial charge in [0.05, 0.1) is 0 Å². The molecule has 174 valence electrons.